The summed E-state index contributed by atoms with van der Waals surface area (Å²) in [5.41, 5.74) is 0.393. The van der Waals surface area contributed by atoms with Gasteiger partial charge < -0.3 is 15.7 Å². The number of hydrogen-bond donors (Lipinski definition) is 3. The molecule has 2 amide bonds. The van der Waals surface area contributed by atoms with Crippen molar-refractivity contribution in [3.05, 3.63) is 25.0 Å². The van der Waals surface area contributed by atoms with Gasteiger partial charge in [0, 0.05) is 16.0 Å². The van der Waals surface area contributed by atoms with Gasteiger partial charge in [-0.2, -0.15) is 0 Å². The van der Waals surface area contributed by atoms with Gasteiger partial charge in [0.15, 0.2) is 0 Å². The number of aromatic carboxylic acids is 1. The second kappa shape index (κ2) is 5.83. The standard InChI is InChI=1S/C9H7Br3N2O3/c1-13-9(17)14-7-4(11)2-3(10)5(6(7)12)8(15)16/h2H,1H3,(H,15,16)(H2,13,14,17). The van der Waals surface area contributed by atoms with Crippen LogP contribution in [0.1, 0.15) is 10.4 Å². The number of amides is 2. The predicted octanol–water partition coefficient (Wildman–Crippen LogP) is 3.42. The van der Waals surface area contributed by atoms with E-state index in [9.17, 15) is 9.59 Å². The summed E-state index contributed by atoms with van der Waals surface area (Å²) in [6, 6.07) is 1.12. The normalized spacial score (nSPS) is 9.88. The molecule has 0 fully saturated rings. The first-order valence-electron chi connectivity index (χ1n) is 4.28. The van der Waals surface area contributed by atoms with Crippen molar-refractivity contribution in [3.8, 4) is 0 Å². The maximum Gasteiger partial charge on any atom is 0.338 e. The molecule has 1 aromatic rings. The number of rotatable bonds is 2. The van der Waals surface area contributed by atoms with Gasteiger partial charge in [-0.05, 0) is 53.9 Å². The summed E-state index contributed by atoms with van der Waals surface area (Å²) in [6.45, 7) is 0. The fourth-order valence-electron chi connectivity index (χ4n) is 1.08. The van der Waals surface area contributed by atoms with Gasteiger partial charge in [-0.25, -0.2) is 9.59 Å². The smallest absolute Gasteiger partial charge is 0.338 e. The number of carboxylic acids is 1. The number of hydrogen-bond acceptors (Lipinski definition) is 2. The Labute approximate surface area is 122 Å². The number of urea groups is 1. The van der Waals surface area contributed by atoms with Crippen molar-refractivity contribution in [2.75, 3.05) is 12.4 Å². The van der Waals surface area contributed by atoms with Crippen LogP contribution in [0.2, 0.25) is 0 Å². The van der Waals surface area contributed by atoms with Gasteiger partial charge in [0.05, 0.1) is 15.7 Å². The summed E-state index contributed by atoms with van der Waals surface area (Å²) in [6.07, 6.45) is 0. The van der Waals surface area contributed by atoms with Crippen LogP contribution in [0.4, 0.5) is 10.5 Å². The number of benzene rings is 1. The fraction of sp³-hybridized carbons (Fsp3) is 0.111. The van der Waals surface area contributed by atoms with Crippen molar-refractivity contribution in [3.63, 3.8) is 0 Å². The van der Waals surface area contributed by atoms with Crippen LogP contribution in [0.25, 0.3) is 0 Å². The van der Waals surface area contributed by atoms with Gasteiger partial charge in [0.2, 0.25) is 0 Å². The highest BCUT2D eigenvalue weighted by Crippen LogP contribution is 2.38. The Bertz CT molecular complexity index is 491. The Morgan fingerprint density at radius 3 is 2.29 bits per heavy atom. The summed E-state index contributed by atoms with van der Waals surface area (Å²) < 4.78 is 1.26. The molecule has 0 saturated carbocycles. The van der Waals surface area contributed by atoms with Gasteiger partial charge in [-0.15, -0.1) is 0 Å². The minimum absolute atomic E-state index is 0.0413. The highest BCUT2D eigenvalue weighted by molar-refractivity contribution is 9.11. The lowest BCUT2D eigenvalue weighted by Crippen LogP contribution is -2.25. The molecule has 0 aliphatic heterocycles. The maximum atomic E-state index is 11.2. The Hall–Kier alpha value is -0.600. The molecule has 0 radical (unpaired) electrons. The minimum atomic E-state index is -1.10. The number of carbonyl (C=O) groups excluding carboxylic acids is 1. The van der Waals surface area contributed by atoms with Gasteiger partial charge in [0.25, 0.3) is 0 Å². The molecule has 0 aromatic heterocycles. The fourth-order valence-corrected chi connectivity index (χ4v) is 3.74. The first kappa shape index (κ1) is 14.5. The molecule has 1 aromatic carbocycles. The lowest BCUT2D eigenvalue weighted by molar-refractivity contribution is 0.0695. The van der Waals surface area contributed by atoms with E-state index in [4.69, 9.17) is 5.11 Å². The first-order chi connectivity index (χ1) is 7.88. The molecular weight excluding hydrogens is 424 g/mol. The van der Waals surface area contributed by atoms with Crippen molar-refractivity contribution in [2.45, 2.75) is 0 Å². The molecule has 0 aliphatic rings. The van der Waals surface area contributed by atoms with E-state index < -0.39 is 12.0 Å². The van der Waals surface area contributed by atoms with E-state index >= 15 is 0 Å². The Morgan fingerprint density at radius 2 is 1.82 bits per heavy atom. The summed E-state index contributed by atoms with van der Waals surface area (Å²) >= 11 is 9.55. The number of carboxylic acid groups (broad SMARTS) is 1. The lowest BCUT2D eigenvalue weighted by Gasteiger charge is -2.12. The second-order valence-corrected chi connectivity index (χ2v) is 5.42. The van der Waals surface area contributed by atoms with Crippen molar-refractivity contribution < 1.29 is 14.7 Å². The molecule has 92 valence electrons. The van der Waals surface area contributed by atoms with Crippen molar-refractivity contribution in [1.29, 1.82) is 0 Å². The monoisotopic (exact) mass is 428 g/mol. The van der Waals surface area contributed by atoms with E-state index in [1.807, 2.05) is 0 Å². The summed E-state index contributed by atoms with van der Waals surface area (Å²) in [5, 5.41) is 14.0. The van der Waals surface area contributed by atoms with Gasteiger partial charge in [-0.1, -0.05) is 0 Å². The van der Waals surface area contributed by atoms with Crippen LogP contribution < -0.4 is 10.6 Å². The number of anilines is 1. The molecule has 8 heteroatoms. The van der Waals surface area contributed by atoms with Crippen molar-refractivity contribution >= 4 is 65.5 Å². The van der Waals surface area contributed by atoms with Gasteiger partial charge >= 0.3 is 12.0 Å². The van der Waals surface area contributed by atoms with Crippen LogP contribution in [0, 0.1) is 0 Å². The Morgan fingerprint density at radius 1 is 1.24 bits per heavy atom. The number of halogens is 3. The molecule has 0 unspecified atom stereocenters. The van der Waals surface area contributed by atoms with Crippen LogP contribution in [0.3, 0.4) is 0 Å². The van der Waals surface area contributed by atoms with E-state index in [2.05, 4.69) is 58.4 Å². The molecule has 5 nitrogen and oxygen atoms in total. The van der Waals surface area contributed by atoms with E-state index in [0.29, 0.717) is 14.6 Å². The lowest BCUT2D eigenvalue weighted by atomic mass is 10.2. The van der Waals surface area contributed by atoms with Crippen LogP contribution in [-0.2, 0) is 0 Å². The summed E-state index contributed by atoms with van der Waals surface area (Å²) in [5.74, 6) is -1.10. The minimum Gasteiger partial charge on any atom is -0.478 e. The van der Waals surface area contributed by atoms with Gasteiger partial charge in [-0.3, -0.25) is 0 Å². The zero-order chi connectivity index (χ0) is 13.2. The maximum absolute atomic E-state index is 11.2. The number of carbonyl (C=O) groups is 2. The average molecular weight is 431 g/mol. The zero-order valence-corrected chi connectivity index (χ0v) is 13.2. The highest BCUT2D eigenvalue weighted by atomic mass is 79.9. The van der Waals surface area contributed by atoms with E-state index in [0.717, 1.165) is 0 Å². The van der Waals surface area contributed by atoms with Gasteiger partial charge in [0.1, 0.15) is 0 Å². The molecule has 0 atom stereocenters. The van der Waals surface area contributed by atoms with E-state index in [-0.39, 0.29) is 10.0 Å². The van der Waals surface area contributed by atoms with Crippen LogP contribution >= 0.6 is 47.8 Å². The summed E-state index contributed by atoms with van der Waals surface area (Å²) in [4.78, 5) is 22.3. The SMILES string of the molecule is CNC(=O)Nc1c(Br)cc(Br)c(C(=O)O)c1Br. The second-order valence-electron chi connectivity index (χ2n) is 2.91. The Kier molecular flexibility index (Phi) is 4.96. The molecule has 17 heavy (non-hydrogen) atoms. The average Bonchev–Trinajstić information content (AvgIpc) is 2.22. The highest BCUT2D eigenvalue weighted by Gasteiger charge is 2.20. The Balaban J connectivity index is 3.35. The predicted molar refractivity (Wildman–Crippen MR) is 74.6 cm³/mol. The largest absolute Gasteiger partial charge is 0.478 e. The molecule has 0 heterocycles. The van der Waals surface area contributed by atoms with Crippen molar-refractivity contribution in [2.24, 2.45) is 0 Å². The zero-order valence-electron chi connectivity index (χ0n) is 8.47. The third-order valence-corrected chi connectivity index (χ3v) is 3.89. The van der Waals surface area contributed by atoms with Crippen LogP contribution in [0.15, 0.2) is 19.5 Å². The van der Waals surface area contributed by atoms with E-state index in [1.54, 1.807) is 6.07 Å². The molecule has 0 spiro atoms. The molecular formula is C9H7Br3N2O3. The van der Waals surface area contributed by atoms with Crippen LogP contribution in [0.5, 0.6) is 0 Å². The first-order valence-corrected chi connectivity index (χ1v) is 6.66. The number of nitrogens with one attached hydrogen (secondary N) is 2. The quantitative estimate of drug-likeness (QED) is 0.672. The molecule has 0 bridgehead atoms. The topological polar surface area (TPSA) is 78.4 Å². The third kappa shape index (κ3) is 3.20. The summed E-state index contributed by atoms with van der Waals surface area (Å²) in [7, 11) is 1.47. The molecule has 0 aliphatic carbocycles. The molecule has 3 N–H and O–H groups in total. The third-order valence-electron chi connectivity index (χ3n) is 1.85. The molecule has 1 rings (SSSR count). The molecule has 0 saturated heterocycles. The van der Waals surface area contributed by atoms with Crippen LogP contribution in [-0.4, -0.2) is 24.2 Å². The van der Waals surface area contributed by atoms with Crippen molar-refractivity contribution in [1.82, 2.24) is 5.32 Å². The van der Waals surface area contributed by atoms with E-state index in [1.165, 1.54) is 7.05 Å².